The van der Waals surface area contributed by atoms with Crippen molar-refractivity contribution in [3.8, 4) is 0 Å². The van der Waals surface area contributed by atoms with E-state index in [0.717, 1.165) is 0 Å². The Kier molecular flexibility index (Phi) is 5.28. The second kappa shape index (κ2) is 5.71. The quantitative estimate of drug-likeness (QED) is 0.655. The number of nitrogens with zero attached hydrogens (tertiary/aromatic N) is 1. The minimum Gasteiger partial charge on any atom is -0.330 e. The van der Waals surface area contributed by atoms with Gasteiger partial charge in [-0.3, -0.25) is 14.5 Å². The van der Waals surface area contributed by atoms with Gasteiger partial charge in [0.25, 0.3) is 0 Å². The van der Waals surface area contributed by atoms with Crippen LogP contribution in [-0.4, -0.2) is 29.8 Å². The zero-order valence-electron chi connectivity index (χ0n) is 7.67. The van der Waals surface area contributed by atoms with Gasteiger partial charge in [-0.2, -0.15) is 0 Å². The van der Waals surface area contributed by atoms with Crippen LogP contribution in [0.3, 0.4) is 0 Å². The molecule has 4 heteroatoms. The molecule has 0 aliphatic carbocycles. The third-order valence-electron chi connectivity index (χ3n) is 1.57. The van der Waals surface area contributed by atoms with Crippen LogP contribution in [0.1, 0.15) is 26.7 Å². The number of hydrogen-bond acceptors (Lipinski definition) is 3. The molecule has 0 fully saturated rings. The Balaban J connectivity index is 4.04. The van der Waals surface area contributed by atoms with Gasteiger partial charge in [-0.25, -0.2) is 0 Å². The highest BCUT2D eigenvalue weighted by Gasteiger charge is 2.14. The molecule has 0 aliphatic heterocycles. The van der Waals surface area contributed by atoms with Gasteiger partial charge in [-0.1, -0.05) is 6.92 Å². The van der Waals surface area contributed by atoms with E-state index in [-0.39, 0.29) is 11.8 Å². The number of hydrogen-bond donors (Lipinski definition) is 1. The molecule has 0 saturated carbocycles. The van der Waals surface area contributed by atoms with Crippen LogP contribution in [0.25, 0.3) is 0 Å². The highest BCUT2D eigenvalue weighted by molar-refractivity contribution is 5.93. The maximum absolute atomic E-state index is 11.1. The molecule has 0 unspecified atom stereocenters. The van der Waals surface area contributed by atoms with Crippen LogP contribution in [0.4, 0.5) is 0 Å². The van der Waals surface area contributed by atoms with Crippen molar-refractivity contribution in [2.45, 2.75) is 26.7 Å². The summed E-state index contributed by atoms with van der Waals surface area (Å²) >= 11 is 0. The van der Waals surface area contributed by atoms with Gasteiger partial charge in [0.15, 0.2) is 0 Å². The standard InChI is InChI=1S/C8H16N2O2/c1-3-8(12)10(7(2)11)6-4-5-9/h3-6,9H2,1-2H3. The van der Waals surface area contributed by atoms with Crippen molar-refractivity contribution in [3.63, 3.8) is 0 Å². The Labute approximate surface area is 72.7 Å². The lowest BCUT2D eigenvalue weighted by Crippen LogP contribution is -2.36. The van der Waals surface area contributed by atoms with E-state index in [4.69, 9.17) is 5.73 Å². The average molecular weight is 172 g/mol. The highest BCUT2D eigenvalue weighted by Crippen LogP contribution is 1.96. The lowest BCUT2D eigenvalue weighted by atomic mass is 10.3. The molecule has 0 atom stereocenters. The molecule has 0 rings (SSSR count). The molecule has 0 saturated heterocycles. The Morgan fingerprint density at radius 2 is 2.00 bits per heavy atom. The second-order valence-corrected chi connectivity index (χ2v) is 2.56. The van der Waals surface area contributed by atoms with E-state index >= 15 is 0 Å². The first-order valence-electron chi connectivity index (χ1n) is 4.14. The third kappa shape index (κ3) is 3.48. The van der Waals surface area contributed by atoms with Crippen LogP contribution >= 0.6 is 0 Å². The fourth-order valence-electron chi connectivity index (χ4n) is 0.898. The van der Waals surface area contributed by atoms with Crippen molar-refractivity contribution in [1.29, 1.82) is 0 Å². The van der Waals surface area contributed by atoms with Gasteiger partial charge >= 0.3 is 0 Å². The van der Waals surface area contributed by atoms with Crippen molar-refractivity contribution >= 4 is 11.8 Å². The maximum atomic E-state index is 11.1. The lowest BCUT2D eigenvalue weighted by Gasteiger charge is -2.17. The number of rotatable bonds is 4. The molecule has 70 valence electrons. The summed E-state index contributed by atoms with van der Waals surface area (Å²) in [5, 5.41) is 0. The fraction of sp³-hybridized carbons (Fsp3) is 0.750. The molecular formula is C8H16N2O2. The molecule has 2 amide bonds. The van der Waals surface area contributed by atoms with Gasteiger partial charge < -0.3 is 5.73 Å². The van der Waals surface area contributed by atoms with Crippen LogP contribution < -0.4 is 5.73 Å². The molecular weight excluding hydrogens is 156 g/mol. The van der Waals surface area contributed by atoms with Gasteiger partial charge in [0.1, 0.15) is 0 Å². The van der Waals surface area contributed by atoms with Crippen molar-refractivity contribution in [2.75, 3.05) is 13.1 Å². The van der Waals surface area contributed by atoms with Crippen LogP contribution in [0.5, 0.6) is 0 Å². The van der Waals surface area contributed by atoms with E-state index in [0.29, 0.717) is 25.9 Å². The molecule has 0 radical (unpaired) electrons. The number of carbonyl (C=O) groups excluding carboxylic acids is 2. The smallest absolute Gasteiger partial charge is 0.228 e. The number of carbonyl (C=O) groups is 2. The summed E-state index contributed by atoms with van der Waals surface area (Å²) in [4.78, 5) is 23.3. The molecule has 0 bridgehead atoms. The second-order valence-electron chi connectivity index (χ2n) is 2.56. The summed E-state index contributed by atoms with van der Waals surface area (Å²) in [5.74, 6) is -0.328. The van der Waals surface area contributed by atoms with E-state index in [1.807, 2.05) is 0 Å². The zero-order chi connectivity index (χ0) is 9.56. The summed E-state index contributed by atoms with van der Waals surface area (Å²) in [5.41, 5.74) is 5.27. The summed E-state index contributed by atoms with van der Waals surface area (Å²) in [7, 11) is 0. The van der Waals surface area contributed by atoms with E-state index in [1.54, 1.807) is 6.92 Å². The van der Waals surface area contributed by atoms with Crippen LogP contribution in [0, 0.1) is 0 Å². The zero-order valence-corrected chi connectivity index (χ0v) is 7.67. The number of nitrogens with two attached hydrogens (primary N) is 1. The van der Waals surface area contributed by atoms with Gasteiger partial charge in [-0.05, 0) is 13.0 Å². The average Bonchev–Trinajstić information content (AvgIpc) is 2.04. The van der Waals surface area contributed by atoms with Crippen molar-refractivity contribution in [2.24, 2.45) is 5.73 Å². The summed E-state index contributed by atoms with van der Waals surface area (Å²) in [6.07, 6.45) is 1.04. The monoisotopic (exact) mass is 172 g/mol. The van der Waals surface area contributed by atoms with Crippen molar-refractivity contribution in [1.82, 2.24) is 4.90 Å². The molecule has 0 spiro atoms. The maximum Gasteiger partial charge on any atom is 0.228 e. The molecule has 0 heterocycles. The minimum absolute atomic E-state index is 0.129. The van der Waals surface area contributed by atoms with Gasteiger partial charge in [0, 0.05) is 19.9 Å². The molecule has 4 nitrogen and oxygen atoms in total. The van der Waals surface area contributed by atoms with Gasteiger partial charge in [0.05, 0.1) is 0 Å². The summed E-state index contributed by atoms with van der Waals surface area (Å²) in [6, 6.07) is 0. The molecule has 0 aromatic carbocycles. The lowest BCUT2D eigenvalue weighted by molar-refractivity contribution is -0.143. The van der Waals surface area contributed by atoms with Crippen molar-refractivity contribution < 1.29 is 9.59 Å². The first-order valence-corrected chi connectivity index (χ1v) is 4.14. The number of amides is 2. The summed E-state index contributed by atoms with van der Waals surface area (Å²) < 4.78 is 0. The SMILES string of the molecule is CCC(=O)N(CCCN)C(C)=O. The minimum atomic E-state index is -0.199. The highest BCUT2D eigenvalue weighted by atomic mass is 16.2. The van der Waals surface area contributed by atoms with E-state index < -0.39 is 0 Å². The fourth-order valence-corrected chi connectivity index (χ4v) is 0.898. The van der Waals surface area contributed by atoms with Crippen molar-refractivity contribution in [3.05, 3.63) is 0 Å². The third-order valence-corrected chi connectivity index (χ3v) is 1.57. The predicted octanol–water partition coefficient (Wildman–Crippen LogP) is 0.120. The topological polar surface area (TPSA) is 63.4 Å². The first kappa shape index (κ1) is 11.1. The summed E-state index contributed by atoms with van der Waals surface area (Å²) in [6.45, 7) is 4.07. The van der Waals surface area contributed by atoms with Crippen LogP contribution in [-0.2, 0) is 9.59 Å². The van der Waals surface area contributed by atoms with E-state index in [9.17, 15) is 9.59 Å². The molecule has 0 aromatic rings. The molecule has 0 aromatic heterocycles. The van der Waals surface area contributed by atoms with E-state index in [2.05, 4.69) is 0 Å². The Morgan fingerprint density at radius 3 is 2.33 bits per heavy atom. The Bertz CT molecular complexity index is 168. The van der Waals surface area contributed by atoms with E-state index in [1.165, 1.54) is 11.8 Å². The van der Waals surface area contributed by atoms with Gasteiger partial charge in [-0.15, -0.1) is 0 Å². The Hall–Kier alpha value is -0.900. The number of imide groups is 1. The first-order chi connectivity index (χ1) is 5.63. The molecule has 0 aliphatic rings. The molecule has 12 heavy (non-hydrogen) atoms. The Morgan fingerprint density at radius 1 is 1.42 bits per heavy atom. The van der Waals surface area contributed by atoms with Crippen LogP contribution in [0.2, 0.25) is 0 Å². The molecule has 2 N–H and O–H groups in total. The largest absolute Gasteiger partial charge is 0.330 e. The predicted molar refractivity (Wildman–Crippen MR) is 46.4 cm³/mol. The van der Waals surface area contributed by atoms with Gasteiger partial charge in [0.2, 0.25) is 11.8 Å². The van der Waals surface area contributed by atoms with Crippen LogP contribution in [0.15, 0.2) is 0 Å². The normalized spacial score (nSPS) is 9.58.